The fraction of sp³-hybridized carbons (Fsp3) is 0.333. The van der Waals surface area contributed by atoms with Crippen molar-refractivity contribution in [3.63, 3.8) is 0 Å². The second-order valence-corrected chi connectivity index (χ2v) is 11.6. The monoisotopic (exact) mass is 539 g/mol. The molecule has 0 aromatic heterocycles. The molecule has 11 heteroatoms. The Labute approximate surface area is 215 Å². The molecule has 188 valence electrons. The Balaban J connectivity index is 2.11. The molecule has 1 N–H and O–H groups in total. The Morgan fingerprint density at radius 1 is 1.00 bits per heavy atom. The molecule has 0 aliphatic carbocycles. The lowest BCUT2D eigenvalue weighted by Crippen LogP contribution is -2.32. The van der Waals surface area contributed by atoms with Gasteiger partial charge in [0.1, 0.15) is 5.76 Å². The van der Waals surface area contributed by atoms with Crippen molar-refractivity contribution >= 4 is 50.7 Å². The van der Waals surface area contributed by atoms with Crippen molar-refractivity contribution in [1.29, 1.82) is 0 Å². The number of Topliss-reactive ketones (excluding diaryl/α,β-unsaturated/α-hetero) is 1. The van der Waals surface area contributed by atoms with Crippen LogP contribution < -0.4 is 0 Å². The van der Waals surface area contributed by atoms with E-state index in [1.54, 1.807) is 18.2 Å². The van der Waals surface area contributed by atoms with Gasteiger partial charge < -0.3 is 14.9 Å². The number of halogens is 2. The van der Waals surface area contributed by atoms with Crippen molar-refractivity contribution in [2.75, 3.05) is 41.3 Å². The third-order valence-corrected chi connectivity index (χ3v) is 8.28. The van der Waals surface area contributed by atoms with Crippen LogP contribution in [0.1, 0.15) is 23.6 Å². The van der Waals surface area contributed by atoms with E-state index in [0.29, 0.717) is 23.6 Å². The summed E-state index contributed by atoms with van der Waals surface area (Å²) in [4.78, 5) is 29.5. The zero-order valence-electron chi connectivity index (χ0n) is 19.8. The topological polar surface area (TPSA) is 98.2 Å². The molecule has 1 atom stereocenters. The number of likely N-dealkylation sites (tertiary alicyclic amines) is 1. The number of carbonyl (C=O) groups is 2. The quantitative estimate of drug-likeness (QED) is 0.312. The number of benzene rings is 2. The van der Waals surface area contributed by atoms with E-state index < -0.39 is 33.5 Å². The fourth-order valence-electron chi connectivity index (χ4n) is 3.85. The fourth-order valence-corrected chi connectivity index (χ4v) is 5.06. The summed E-state index contributed by atoms with van der Waals surface area (Å²) in [5.41, 5.74) is 0.636. The van der Waals surface area contributed by atoms with Crippen molar-refractivity contribution in [3.05, 3.63) is 69.2 Å². The number of hydrogen-bond acceptors (Lipinski definition) is 6. The molecule has 1 aliphatic heterocycles. The van der Waals surface area contributed by atoms with Gasteiger partial charge in [-0.25, -0.2) is 12.7 Å². The minimum Gasteiger partial charge on any atom is -0.507 e. The normalized spacial score (nSPS) is 18.2. The van der Waals surface area contributed by atoms with Crippen LogP contribution in [0.25, 0.3) is 5.76 Å². The summed E-state index contributed by atoms with van der Waals surface area (Å²) in [5.74, 6) is -1.95. The van der Waals surface area contributed by atoms with Gasteiger partial charge in [0.05, 0.1) is 26.6 Å². The van der Waals surface area contributed by atoms with Crippen LogP contribution in [0.2, 0.25) is 10.0 Å². The first-order valence-corrected chi connectivity index (χ1v) is 13.0. The number of ketones is 1. The number of aliphatic hydroxyl groups is 1. The lowest BCUT2D eigenvalue weighted by molar-refractivity contribution is -0.139. The van der Waals surface area contributed by atoms with Crippen molar-refractivity contribution in [2.24, 2.45) is 0 Å². The molecule has 35 heavy (non-hydrogen) atoms. The first-order valence-electron chi connectivity index (χ1n) is 10.8. The Hall–Kier alpha value is -2.43. The zero-order valence-corrected chi connectivity index (χ0v) is 22.2. The summed E-state index contributed by atoms with van der Waals surface area (Å²) in [6, 6.07) is 9.39. The first kappa shape index (κ1) is 27.2. The molecule has 1 amide bonds. The highest BCUT2D eigenvalue weighted by molar-refractivity contribution is 7.89. The van der Waals surface area contributed by atoms with Gasteiger partial charge in [-0.1, -0.05) is 29.3 Å². The van der Waals surface area contributed by atoms with Gasteiger partial charge in [0.15, 0.2) is 0 Å². The van der Waals surface area contributed by atoms with Crippen LogP contribution in [0.5, 0.6) is 0 Å². The van der Waals surface area contributed by atoms with E-state index in [1.807, 2.05) is 19.0 Å². The van der Waals surface area contributed by atoms with Crippen LogP contribution in [-0.4, -0.2) is 80.6 Å². The van der Waals surface area contributed by atoms with Gasteiger partial charge in [0.2, 0.25) is 10.0 Å². The van der Waals surface area contributed by atoms with Crippen molar-refractivity contribution in [1.82, 2.24) is 14.1 Å². The summed E-state index contributed by atoms with van der Waals surface area (Å²) in [7, 11) is 2.97. The minimum atomic E-state index is -3.67. The largest absolute Gasteiger partial charge is 0.507 e. The Morgan fingerprint density at radius 3 is 2.17 bits per heavy atom. The molecule has 1 fully saturated rings. The molecule has 0 radical (unpaired) electrons. The SMILES string of the molecule is CN(C)CCCN1C(=O)C(=O)C(=C(O)c2ccc(S(=O)(=O)N(C)C)cc2)[C@@H]1c1ccc(Cl)c(Cl)c1. The van der Waals surface area contributed by atoms with Crippen molar-refractivity contribution < 1.29 is 23.1 Å². The van der Waals surface area contributed by atoms with E-state index in [2.05, 4.69) is 0 Å². The van der Waals surface area contributed by atoms with Gasteiger partial charge >= 0.3 is 0 Å². The molecule has 2 aromatic carbocycles. The van der Waals surface area contributed by atoms with E-state index in [1.165, 1.54) is 43.3 Å². The van der Waals surface area contributed by atoms with E-state index in [0.717, 1.165) is 4.31 Å². The molecule has 1 aliphatic rings. The van der Waals surface area contributed by atoms with Crippen LogP contribution in [0.15, 0.2) is 52.9 Å². The summed E-state index contributed by atoms with van der Waals surface area (Å²) in [5, 5.41) is 11.7. The predicted molar refractivity (Wildman–Crippen MR) is 136 cm³/mol. The van der Waals surface area contributed by atoms with Crippen LogP contribution in [-0.2, 0) is 19.6 Å². The highest BCUT2D eigenvalue weighted by Crippen LogP contribution is 2.41. The standard InChI is InChI=1S/C24H27Cl2N3O5S/c1-27(2)12-5-13-29-21(16-8-11-18(25)19(26)14-16)20(23(31)24(29)32)22(30)15-6-9-17(10-7-15)35(33,34)28(3)4/h6-11,14,21,30H,5,12-13H2,1-4H3/t21-/m0/s1. The highest BCUT2D eigenvalue weighted by atomic mass is 35.5. The van der Waals surface area contributed by atoms with E-state index in [-0.39, 0.29) is 27.6 Å². The molecule has 0 bridgehead atoms. The first-order chi connectivity index (χ1) is 16.4. The third kappa shape index (κ3) is 5.54. The second kappa shape index (κ2) is 10.7. The molecular weight excluding hydrogens is 513 g/mol. The van der Waals surface area contributed by atoms with Crippen molar-refractivity contribution in [3.8, 4) is 0 Å². The molecule has 0 saturated carbocycles. The second-order valence-electron chi connectivity index (χ2n) is 8.63. The van der Waals surface area contributed by atoms with Crippen LogP contribution in [0.4, 0.5) is 0 Å². The number of carbonyl (C=O) groups excluding carboxylic acids is 2. The van der Waals surface area contributed by atoms with Gasteiger partial charge in [-0.15, -0.1) is 0 Å². The Bertz CT molecular complexity index is 1270. The summed E-state index contributed by atoms with van der Waals surface area (Å²) < 4.78 is 25.8. The molecule has 3 rings (SSSR count). The minimum absolute atomic E-state index is 0.0317. The van der Waals surface area contributed by atoms with Gasteiger partial charge in [0.25, 0.3) is 11.7 Å². The average Bonchev–Trinajstić information content (AvgIpc) is 3.05. The van der Waals surface area contributed by atoms with Crippen LogP contribution in [0.3, 0.4) is 0 Å². The van der Waals surface area contributed by atoms with Gasteiger partial charge in [-0.05, 0) is 69.0 Å². The summed E-state index contributed by atoms with van der Waals surface area (Å²) in [6.45, 7) is 0.976. The number of hydrogen-bond donors (Lipinski definition) is 1. The predicted octanol–water partition coefficient (Wildman–Crippen LogP) is 3.62. The van der Waals surface area contributed by atoms with Crippen molar-refractivity contribution in [2.45, 2.75) is 17.4 Å². The number of amides is 1. The maximum atomic E-state index is 13.1. The average molecular weight is 540 g/mol. The summed E-state index contributed by atoms with van der Waals surface area (Å²) >= 11 is 12.3. The number of aliphatic hydroxyl groups excluding tert-OH is 1. The Kier molecular flexibility index (Phi) is 8.28. The number of nitrogens with zero attached hydrogens (tertiary/aromatic N) is 3. The molecule has 0 spiro atoms. The maximum absolute atomic E-state index is 13.1. The lowest BCUT2D eigenvalue weighted by Gasteiger charge is -2.26. The summed E-state index contributed by atoms with van der Waals surface area (Å²) in [6.07, 6.45) is 0.606. The molecule has 0 unspecified atom stereocenters. The van der Waals surface area contributed by atoms with Crippen LogP contribution >= 0.6 is 23.2 Å². The van der Waals surface area contributed by atoms with Gasteiger partial charge in [-0.3, -0.25) is 9.59 Å². The maximum Gasteiger partial charge on any atom is 0.295 e. The lowest BCUT2D eigenvalue weighted by atomic mass is 9.95. The molecule has 8 nitrogen and oxygen atoms in total. The number of sulfonamides is 1. The smallest absolute Gasteiger partial charge is 0.295 e. The van der Waals surface area contributed by atoms with E-state index in [4.69, 9.17) is 23.2 Å². The molecule has 1 heterocycles. The Morgan fingerprint density at radius 2 is 1.63 bits per heavy atom. The van der Waals surface area contributed by atoms with Crippen LogP contribution in [0, 0.1) is 0 Å². The number of rotatable bonds is 8. The van der Waals surface area contributed by atoms with Gasteiger partial charge in [0, 0.05) is 26.2 Å². The van der Waals surface area contributed by atoms with E-state index >= 15 is 0 Å². The molecule has 2 aromatic rings. The highest BCUT2D eigenvalue weighted by Gasteiger charge is 2.46. The van der Waals surface area contributed by atoms with E-state index in [9.17, 15) is 23.1 Å². The van der Waals surface area contributed by atoms with Gasteiger partial charge in [-0.2, -0.15) is 0 Å². The third-order valence-electron chi connectivity index (χ3n) is 5.71. The molecular formula is C24H27Cl2N3O5S. The molecule has 1 saturated heterocycles. The zero-order chi connectivity index (χ0) is 26.1.